The molecule has 0 radical (unpaired) electrons. The Hall–Kier alpha value is -3.03. The van der Waals surface area contributed by atoms with E-state index >= 15 is 0 Å². The number of halogens is 2. The zero-order chi connectivity index (χ0) is 20.3. The van der Waals surface area contributed by atoms with Gasteiger partial charge >= 0.3 is 5.97 Å². The Morgan fingerprint density at radius 2 is 1.82 bits per heavy atom. The molecule has 0 fully saturated rings. The highest BCUT2D eigenvalue weighted by Gasteiger charge is 2.23. The molecule has 2 aromatic carbocycles. The molecule has 0 spiro atoms. The number of aromatic nitrogens is 2. The Morgan fingerprint density at radius 3 is 2.50 bits per heavy atom. The minimum Gasteiger partial charge on any atom is -0.481 e. The number of aliphatic carboxylic acids is 1. The number of nitrogens with one attached hydrogen (secondary N) is 2. The zero-order valence-corrected chi connectivity index (χ0v) is 15.9. The molecule has 1 amide bonds. The highest BCUT2D eigenvalue weighted by molar-refractivity contribution is 6.33. The molecule has 144 valence electrons. The number of carboxylic acid groups (broad SMARTS) is 1. The van der Waals surface area contributed by atoms with E-state index in [-0.39, 0.29) is 10.7 Å². The van der Waals surface area contributed by atoms with Gasteiger partial charge in [-0.05, 0) is 35.9 Å². The fourth-order valence-corrected chi connectivity index (χ4v) is 3.14. The molecule has 3 rings (SSSR count). The van der Waals surface area contributed by atoms with Gasteiger partial charge in [0.25, 0.3) is 11.5 Å². The van der Waals surface area contributed by atoms with Crippen molar-refractivity contribution in [1.29, 1.82) is 0 Å². The van der Waals surface area contributed by atoms with E-state index in [1.807, 2.05) is 0 Å². The van der Waals surface area contributed by atoms with E-state index in [1.54, 1.807) is 36.4 Å². The van der Waals surface area contributed by atoms with Crippen LogP contribution in [0.5, 0.6) is 0 Å². The van der Waals surface area contributed by atoms with Crippen LogP contribution in [0.15, 0.2) is 59.4 Å². The minimum absolute atomic E-state index is 0.0117. The molecule has 1 aromatic heterocycles. The number of hydrogen-bond acceptors (Lipinski definition) is 3. The number of hydrogen-bond donors (Lipinski definition) is 3. The number of amides is 1. The van der Waals surface area contributed by atoms with Gasteiger partial charge in [-0.1, -0.05) is 41.4 Å². The second kappa shape index (κ2) is 8.33. The molecule has 0 bridgehead atoms. The monoisotopic (exact) mass is 419 g/mol. The summed E-state index contributed by atoms with van der Waals surface area (Å²) in [5, 5.41) is 15.1. The Kier molecular flexibility index (Phi) is 5.87. The van der Waals surface area contributed by atoms with Gasteiger partial charge in [0.1, 0.15) is 5.69 Å². The van der Waals surface area contributed by atoms with Gasteiger partial charge in [0, 0.05) is 16.1 Å². The average Bonchev–Trinajstić information content (AvgIpc) is 3.05. The van der Waals surface area contributed by atoms with Crippen LogP contribution in [0.2, 0.25) is 10.0 Å². The number of nitrogens with zero attached hydrogens (tertiary/aromatic N) is 1. The van der Waals surface area contributed by atoms with Crippen molar-refractivity contribution in [3.05, 3.63) is 86.3 Å². The molecule has 1 unspecified atom stereocenters. The molecule has 0 aliphatic heterocycles. The zero-order valence-electron chi connectivity index (χ0n) is 14.4. The minimum atomic E-state index is -1.13. The maximum absolute atomic E-state index is 12.6. The first-order valence-electron chi connectivity index (χ1n) is 8.20. The lowest BCUT2D eigenvalue weighted by molar-refractivity contribution is -0.137. The Labute approximate surface area is 169 Å². The maximum Gasteiger partial charge on any atom is 0.305 e. The molecular weight excluding hydrogens is 405 g/mol. The summed E-state index contributed by atoms with van der Waals surface area (Å²) in [6.45, 7) is 0. The number of rotatable bonds is 6. The number of carbonyl (C=O) groups excluding carboxylic acids is 1. The van der Waals surface area contributed by atoms with Gasteiger partial charge in [-0.2, -0.15) is 0 Å². The Bertz CT molecular complexity index is 1080. The average molecular weight is 420 g/mol. The number of carbonyl (C=O) groups is 2. The first kappa shape index (κ1) is 19.7. The largest absolute Gasteiger partial charge is 0.481 e. The van der Waals surface area contributed by atoms with Crippen LogP contribution in [-0.4, -0.2) is 26.8 Å². The second-order valence-electron chi connectivity index (χ2n) is 5.97. The van der Waals surface area contributed by atoms with Crippen LogP contribution in [-0.2, 0) is 4.79 Å². The Morgan fingerprint density at radius 1 is 1.11 bits per heavy atom. The van der Waals surface area contributed by atoms with Crippen LogP contribution in [0.25, 0.3) is 5.69 Å². The van der Waals surface area contributed by atoms with Gasteiger partial charge in [-0.15, -0.1) is 0 Å². The third-order valence-corrected chi connectivity index (χ3v) is 4.58. The van der Waals surface area contributed by atoms with Crippen LogP contribution < -0.4 is 10.9 Å². The lowest BCUT2D eigenvalue weighted by atomic mass is 10.0. The van der Waals surface area contributed by atoms with Gasteiger partial charge in [0.15, 0.2) is 0 Å². The van der Waals surface area contributed by atoms with Gasteiger partial charge in [-0.25, -0.2) is 4.68 Å². The van der Waals surface area contributed by atoms with Gasteiger partial charge in [-0.3, -0.25) is 19.5 Å². The van der Waals surface area contributed by atoms with E-state index in [9.17, 15) is 19.5 Å². The molecule has 0 saturated carbocycles. The quantitative estimate of drug-likeness (QED) is 0.569. The molecule has 9 heteroatoms. The molecule has 0 saturated heterocycles. The fraction of sp³-hybridized carbons (Fsp3) is 0.105. The molecule has 7 nitrogen and oxygen atoms in total. The summed E-state index contributed by atoms with van der Waals surface area (Å²) in [4.78, 5) is 36.1. The number of para-hydroxylation sites is 1. The Balaban J connectivity index is 1.90. The standard InChI is InChI=1S/C19H15Cl2N3O4/c20-11-6-7-14(21)13(8-11)15(10-18(26)27)22-19(28)16-9-17(25)24(23-16)12-4-2-1-3-5-12/h1-9,15,23H,10H2,(H,22,28)(H,26,27). The van der Waals surface area contributed by atoms with Crippen molar-refractivity contribution >= 4 is 35.1 Å². The summed E-state index contributed by atoms with van der Waals surface area (Å²) in [5.74, 6) is -1.77. The van der Waals surface area contributed by atoms with E-state index in [4.69, 9.17) is 23.2 Å². The number of aromatic amines is 1. The predicted octanol–water partition coefficient (Wildman–Crippen LogP) is 3.42. The van der Waals surface area contributed by atoms with Crippen LogP contribution in [0.1, 0.15) is 28.5 Å². The van der Waals surface area contributed by atoms with E-state index in [0.29, 0.717) is 16.3 Å². The number of H-pyrrole nitrogens is 1. The summed E-state index contributed by atoms with van der Waals surface area (Å²) < 4.78 is 1.22. The van der Waals surface area contributed by atoms with Crippen LogP contribution >= 0.6 is 23.2 Å². The van der Waals surface area contributed by atoms with Gasteiger partial charge < -0.3 is 10.4 Å². The van der Waals surface area contributed by atoms with Crippen molar-refractivity contribution in [3.8, 4) is 5.69 Å². The van der Waals surface area contributed by atoms with Gasteiger partial charge in [0.05, 0.1) is 18.2 Å². The normalized spacial score (nSPS) is 11.8. The highest BCUT2D eigenvalue weighted by atomic mass is 35.5. The number of benzene rings is 2. The summed E-state index contributed by atoms with van der Waals surface area (Å²) in [6.07, 6.45) is -0.407. The van der Waals surface area contributed by atoms with E-state index in [0.717, 1.165) is 6.07 Å². The van der Waals surface area contributed by atoms with Crippen molar-refractivity contribution in [2.24, 2.45) is 0 Å². The number of carboxylic acids is 1. The smallest absolute Gasteiger partial charge is 0.305 e. The topological polar surface area (TPSA) is 104 Å². The summed E-state index contributed by atoms with van der Waals surface area (Å²) >= 11 is 12.1. The molecule has 1 atom stereocenters. The van der Waals surface area contributed by atoms with Crippen LogP contribution in [0, 0.1) is 0 Å². The van der Waals surface area contributed by atoms with Crippen molar-refractivity contribution in [2.75, 3.05) is 0 Å². The SMILES string of the molecule is O=C(O)CC(NC(=O)c1cc(=O)n(-c2ccccc2)[nH]1)c1cc(Cl)ccc1Cl. The lowest BCUT2D eigenvalue weighted by Crippen LogP contribution is -2.30. The van der Waals surface area contributed by atoms with E-state index in [1.165, 1.54) is 16.8 Å². The highest BCUT2D eigenvalue weighted by Crippen LogP contribution is 2.28. The molecule has 28 heavy (non-hydrogen) atoms. The van der Waals surface area contributed by atoms with E-state index in [2.05, 4.69) is 10.4 Å². The van der Waals surface area contributed by atoms with Crippen LogP contribution in [0.3, 0.4) is 0 Å². The molecule has 3 N–H and O–H groups in total. The summed E-state index contributed by atoms with van der Waals surface area (Å²) in [7, 11) is 0. The molecule has 0 aliphatic carbocycles. The predicted molar refractivity (Wildman–Crippen MR) is 105 cm³/mol. The van der Waals surface area contributed by atoms with Crippen LogP contribution in [0.4, 0.5) is 0 Å². The van der Waals surface area contributed by atoms with Crippen molar-refractivity contribution in [1.82, 2.24) is 15.1 Å². The third-order valence-electron chi connectivity index (χ3n) is 4.00. The molecule has 0 aliphatic rings. The molecular formula is C19H15Cl2N3O4. The fourth-order valence-electron chi connectivity index (χ4n) is 2.71. The molecule has 1 heterocycles. The second-order valence-corrected chi connectivity index (χ2v) is 6.81. The van der Waals surface area contributed by atoms with Gasteiger partial charge in [0.2, 0.25) is 0 Å². The van der Waals surface area contributed by atoms with Crippen molar-refractivity contribution < 1.29 is 14.7 Å². The first-order chi connectivity index (χ1) is 13.3. The summed E-state index contributed by atoms with van der Waals surface area (Å²) in [6, 6.07) is 13.5. The summed E-state index contributed by atoms with van der Waals surface area (Å²) in [5.41, 5.74) is 0.496. The lowest BCUT2D eigenvalue weighted by Gasteiger charge is -2.18. The molecule has 3 aromatic rings. The first-order valence-corrected chi connectivity index (χ1v) is 8.96. The van der Waals surface area contributed by atoms with E-state index < -0.39 is 29.9 Å². The maximum atomic E-state index is 12.6. The van der Waals surface area contributed by atoms with Crippen molar-refractivity contribution in [2.45, 2.75) is 12.5 Å². The van der Waals surface area contributed by atoms with Crippen molar-refractivity contribution in [3.63, 3.8) is 0 Å². The third kappa shape index (κ3) is 4.44.